The summed E-state index contributed by atoms with van der Waals surface area (Å²) >= 11 is 1.56. The number of carbonyl (C=O) groups excluding carboxylic acids is 1. The number of benzene rings is 1. The van der Waals surface area contributed by atoms with Crippen LogP contribution in [0, 0.1) is 11.8 Å². The minimum Gasteiger partial charge on any atom is -0.481 e. The summed E-state index contributed by atoms with van der Waals surface area (Å²) in [5.41, 5.74) is 8.72. The lowest BCUT2D eigenvalue weighted by Crippen LogP contribution is -2.33. The first-order valence-corrected chi connectivity index (χ1v) is 10.6. The van der Waals surface area contributed by atoms with Gasteiger partial charge >= 0.3 is 5.97 Å². The molecule has 0 bridgehead atoms. The molecular weight excluding hydrogens is 372 g/mol. The van der Waals surface area contributed by atoms with Gasteiger partial charge in [-0.25, -0.2) is 4.98 Å². The zero-order chi connectivity index (χ0) is 20.3. The third-order valence-electron chi connectivity index (χ3n) is 5.33. The summed E-state index contributed by atoms with van der Waals surface area (Å²) in [5.74, 6) is -1.84. The Balaban J connectivity index is 1.92. The average Bonchev–Trinajstić information content (AvgIpc) is 3.15. The number of Topliss-reactive ketones (excluding diaryl/α,β-unsaturated/α-hetero) is 1. The molecule has 0 amide bonds. The molecule has 6 heteroatoms. The van der Waals surface area contributed by atoms with Crippen LogP contribution in [0.25, 0.3) is 12.2 Å². The number of hydrogen-bond donors (Lipinski definition) is 2. The van der Waals surface area contributed by atoms with E-state index < -0.39 is 17.8 Å². The average molecular weight is 399 g/mol. The third kappa shape index (κ3) is 4.33. The highest BCUT2D eigenvalue weighted by atomic mass is 32.1. The number of aliphatic carboxylic acids is 1. The molecule has 1 fully saturated rings. The lowest BCUT2D eigenvalue weighted by molar-refractivity contribution is -0.144. The molecule has 2 aromatic rings. The van der Waals surface area contributed by atoms with E-state index in [0.29, 0.717) is 35.6 Å². The van der Waals surface area contributed by atoms with E-state index in [0.717, 1.165) is 23.5 Å². The highest BCUT2D eigenvalue weighted by molar-refractivity contribution is 7.10. The second kappa shape index (κ2) is 8.69. The summed E-state index contributed by atoms with van der Waals surface area (Å²) < 4.78 is 0. The van der Waals surface area contributed by atoms with Gasteiger partial charge in [-0.05, 0) is 36.5 Å². The second-order valence-electron chi connectivity index (χ2n) is 7.61. The van der Waals surface area contributed by atoms with Crippen LogP contribution in [-0.2, 0) is 4.79 Å². The number of nitrogens with zero attached hydrogens (tertiary/aromatic N) is 1. The van der Waals surface area contributed by atoms with Crippen LogP contribution in [0.5, 0.6) is 0 Å². The third-order valence-corrected chi connectivity index (χ3v) is 6.16. The molecule has 0 radical (unpaired) electrons. The van der Waals surface area contributed by atoms with Gasteiger partial charge in [0.15, 0.2) is 5.78 Å². The number of carbonyl (C=O) groups is 2. The Hall–Kier alpha value is -2.47. The van der Waals surface area contributed by atoms with Gasteiger partial charge in [-0.15, -0.1) is 11.3 Å². The monoisotopic (exact) mass is 398 g/mol. The predicted molar refractivity (Wildman–Crippen MR) is 113 cm³/mol. The molecule has 28 heavy (non-hydrogen) atoms. The summed E-state index contributed by atoms with van der Waals surface area (Å²) in [4.78, 5) is 29.5. The molecule has 1 aliphatic rings. The van der Waals surface area contributed by atoms with Crippen LogP contribution in [0.4, 0.5) is 5.69 Å². The lowest BCUT2D eigenvalue weighted by Gasteiger charge is -2.28. The number of ketones is 1. The number of hydrogen-bond acceptors (Lipinski definition) is 5. The van der Waals surface area contributed by atoms with Crippen molar-refractivity contribution in [2.75, 3.05) is 5.73 Å². The van der Waals surface area contributed by atoms with Crippen LogP contribution in [-0.4, -0.2) is 21.8 Å². The van der Waals surface area contributed by atoms with Gasteiger partial charge in [-0.2, -0.15) is 0 Å². The maximum absolute atomic E-state index is 13.3. The number of carboxylic acids is 1. The maximum Gasteiger partial charge on any atom is 0.307 e. The molecule has 1 aromatic carbocycles. The van der Waals surface area contributed by atoms with E-state index in [1.165, 1.54) is 0 Å². The number of nitrogens with two attached hydrogens (primary N) is 1. The van der Waals surface area contributed by atoms with Gasteiger partial charge in [-0.3, -0.25) is 9.59 Å². The standard InChI is InChI=1S/C22H26N2O3S/c1-13(2)18-12-28-19(24-18)11-10-14-6-5-9-17(23)20(14)21(25)15-7-3-4-8-16(15)22(26)27/h5-6,9-13,15-16H,3-4,7-8,23H2,1-2H3,(H,26,27)/t15-,16-/m1/s1. The van der Waals surface area contributed by atoms with Gasteiger partial charge in [0.25, 0.3) is 0 Å². The first-order chi connectivity index (χ1) is 13.4. The van der Waals surface area contributed by atoms with Crippen LogP contribution in [0.2, 0.25) is 0 Å². The topological polar surface area (TPSA) is 93.3 Å². The number of anilines is 1. The first kappa shape index (κ1) is 20.3. The van der Waals surface area contributed by atoms with Crippen LogP contribution >= 0.6 is 11.3 Å². The number of thiazole rings is 1. The zero-order valence-corrected chi connectivity index (χ0v) is 17.0. The summed E-state index contributed by atoms with van der Waals surface area (Å²) in [6.07, 6.45) is 6.59. The first-order valence-electron chi connectivity index (χ1n) is 9.67. The molecule has 1 heterocycles. The van der Waals surface area contributed by atoms with Crippen molar-refractivity contribution < 1.29 is 14.7 Å². The van der Waals surface area contributed by atoms with Crippen LogP contribution < -0.4 is 5.73 Å². The Labute approximate surface area is 169 Å². The molecular formula is C22H26N2O3S. The van der Waals surface area contributed by atoms with Crippen molar-refractivity contribution in [2.24, 2.45) is 11.8 Å². The molecule has 3 N–H and O–H groups in total. The van der Waals surface area contributed by atoms with Crippen molar-refractivity contribution >= 4 is 40.9 Å². The Bertz CT molecular complexity index is 901. The van der Waals surface area contributed by atoms with Gasteiger partial charge < -0.3 is 10.8 Å². The van der Waals surface area contributed by atoms with Crippen molar-refractivity contribution in [3.63, 3.8) is 0 Å². The van der Waals surface area contributed by atoms with E-state index in [-0.39, 0.29) is 5.78 Å². The van der Waals surface area contributed by atoms with Crippen LogP contribution in [0.15, 0.2) is 23.6 Å². The van der Waals surface area contributed by atoms with Gasteiger partial charge in [0.2, 0.25) is 0 Å². The van der Waals surface area contributed by atoms with Gasteiger partial charge in [0.1, 0.15) is 5.01 Å². The van der Waals surface area contributed by atoms with E-state index in [2.05, 4.69) is 18.8 Å². The highest BCUT2D eigenvalue weighted by Crippen LogP contribution is 2.35. The SMILES string of the molecule is CC(C)c1csc(C=Cc2cccc(N)c2C(=O)[C@@H]2CCCC[C@H]2C(=O)O)n1. The molecule has 2 atom stereocenters. The van der Waals surface area contributed by atoms with Crippen molar-refractivity contribution in [3.05, 3.63) is 45.4 Å². The van der Waals surface area contributed by atoms with E-state index >= 15 is 0 Å². The molecule has 0 spiro atoms. The smallest absolute Gasteiger partial charge is 0.307 e. The second-order valence-corrected chi connectivity index (χ2v) is 8.50. The Morgan fingerprint density at radius 2 is 1.93 bits per heavy atom. The molecule has 1 aliphatic carbocycles. The molecule has 3 rings (SSSR count). The molecule has 0 aliphatic heterocycles. The van der Waals surface area contributed by atoms with Crippen LogP contribution in [0.3, 0.4) is 0 Å². The number of rotatable bonds is 6. The van der Waals surface area contributed by atoms with E-state index in [1.54, 1.807) is 17.4 Å². The number of nitrogen functional groups attached to an aromatic ring is 1. The molecule has 1 aromatic heterocycles. The fourth-order valence-corrected chi connectivity index (χ4v) is 4.61. The molecule has 148 valence electrons. The van der Waals surface area contributed by atoms with Gasteiger partial charge in [0, 0.05) is 22.5 Å². The van der Waals surface area contributed by atoms with E-state index in [9.17, 15) is 14.7 Å². The summed E-state index contributed by atoms with van der Waals surface area (Å²) in [5, 5.41) is 12.4. The molecule has 1 saturated carbocycles. The minimum atomic E-state index is -0.895. The van der Waals surface area contributed by atoms with E-state index in [1.807, 2.05) is 29.7 Å². The summed E-state index contributed by atoms with van der Waals surface area (Å²) in [6.45, 7) is 4.19. The van der Waals surface area contributed by atoms with Crippen molar-refractivity contribution in [2.45, 2.75) is 45.4 Å². The zero-order valence-electron chi connectivity index (χ0n) is 16.2. The summed E-state index contributed by atoms with van der Waals surface area (Å²) in [7, 11) is 0. The highest BCUT2D eigenvalue weighted by Gasteiger charge is 2.37. The van der Waals surface area contributed by atoms with Crippen molar-refractivity contribution in [3.8, 4) is 0 Å². The fraction of sp³-hybridized carbons (Fsp3) is 0.409. The van der Waals surface area contributed by atoms with Gasteiger partial charge in [0.05, 0.1) is 11.6 Å². The number of carboxylic acid groups (broad SMARTS) is 1. The van der Waals surface area contributed by atoms with E-state index in [4.69, 9.17) is 5.73 Å². The Morgan fingerprint density at radius 1 is 1.21 bits per heavy atom. The lowest BCUT2D eigenvalue weighted by atomic mass is 9.74. The minimum absolute atomic E-state index is 0.160. The quantitative estimate of drug-likeness (QED) is 0.522. The van der Waals surface area contributed by atoms with Crippen molar-refractivity contribution in [1.82, 2.24) is 4.98 Å². The molecule has 0 saturated heterocycles. The van der Waals surface area contributed by atoms with Gasteiger partial charge in [-0.1, -0.05) is 44.9 Å². The normalized spacial score (nSPS) is 20.0. The molecule has 0 unspecified atom stereocenters. The fourth-order valence-electron chi connectivity index (χ4n) is 3.74. The maximum atomic E-state index is 13.3. The largest absolute Gasteiger partial charge is 0.481 e. The predicted octanol–water partition coefficient (Wildman–Crippen LogP) is 5.09. The summed E-state index contributed by atoms with van der Waals surface area (Å²) in [6, 6.07) is 5.35. The number of aromatic nitrogens is 1. The van der Waals surface area contributed by atoms with Crippen LogP contribution in [0.1, 0.15) is 72.1 Å². The van der Waals surface area contributed by atoms with Crippen molar-refractivity contribution in [1.29, 1.82) is 0 Å². The molecule has 5 nitrogen and oxygen atoms in total. The Morgan fingerprint density at radius 3 is 2.57 bits per heavy atom. The Kier molecular flexibility index (Phi) is 6.29.